The van der Waals surface area contributed by atoms with E-state index in [1.807, 2.05) is 0 Å². The van der Waals surface area contributed by atoms with Gasteiger partial charge in [0, 0.05) is 18.3 Å². The maximum Gasteiger partial charge on any atom is 0.274 e. The molecule has 3 rings (SSSR count). The lowest BCUT2D eigenvalue weighted by molar-refractivity contribution is -0.114. The molecule has 3 N–H and O–H groups in total. The third kappa shape index (κ3) is 4.88. The first-order chi connectivity index (χ1) is 13.0. The van der Waals surface area contributed by atoms with Gasteiger partial charge in [-0.2, -0.15) is 0 Å². The lowest BCUT2D eigenvalue weighted by atomic mass is 10.2. The minimum atomic E-state index is -0.396. The molecule has 2 amide bonds. The molecule has 0 saturated heterocycles. The fourth-order valence-corrected chi connectivity index (χ4v) is 2.39. The highest BCUT2D eigenvalue weighted by molar-refractivity contribution is 6.03. The van der Waals surface area contributed by atoms with E-state index in [1.165, 1.54) is 25.3 Å². The topological polar surface area (TPSA) is 83.1 Å². The molecule has 0 aliphatic carbocycles. The van der Waals surface area contributed by atoms with Crippen LogP contribution >= 0.6 is 0 Å². The van der Waals surface area contributed by atoms with Gasteiger partial charge in [-0.05, 0) is 42.5 Å². The molecule has 0 unspecified atom stereocenters. The molecule has 0 fully saturated rings. The van der Waals surface area contributed by atoms with Crippen LogP contribution in [0.4, 0.5) is 27.1 Å². The van der Waals surface area contributed by atoms with Gasteiger partial charge in [0.1, 0.15) is 11.5 Å². The summed E-state index contributed by atoms with van der Waals surface area (Å²) in [5.74, 6) is -0.969. The maximum atomic E-state index is 13.7. The van der Waals surface area contributed by atoms with Gasteiger partial charge < -0.3 is 16.0 Å². The van der Waals surface area contributed by atoms with E-state index >= 15 is 0 Å². The van der Waals surface area contributed by atoms with Gasteiger partial charge in [-0.3, -0.25) is 9.59 Å². The zero-order valence-electron chi connectivity index (χ0n) is 14.5. The SMILES string of the molecule is CC(=O)Nc1cccc(NC(=O)c2ccc(Nc3ccccc3F)cn2)c1. The number of rotatable bonds is 5. The number of hydrogen-bond acceptors (Lipinski definition) is 4. The molecule has 7 heteroatoms. The van der Waals surface area contributed by atoms with Crippen LogP contribution < -0.4 is 16.0 Å². The van der Waals surface area contributed by atoms with E-state index in [0.29, 0.717) is 22.7 Å². The summed E-state index contributed by atoms with van der Waals surface area (Å²) in [6.07, 6.45) is 1.45. The lowest BCUT2D eigenvalue weighted by Gasteiger charge is -2.09. The first kappa shape index (κ1) is 18.1. The number of halogens is 1. The van der Waals surface area contributed by atoms with Crippen LogP contribution in [0.15, 0.2) is 66.9 Å². The van der Waals surface area contributed by atoms with Crippen LogP contribution in [0, 0.1) is 5.82 Å². The maximum absolute atomic E-state index is 13.7. The quantitative estimate of drug-likeness (QED) is 0.634. The smallest absolute Gasteiger partial charge is 0.274 e. The number of carbonyl (C=O) groups excluding carboxylic acids is 2. The number of aromatic nitrogens is 1. The highest BCUT2D eigenvalue weighted by Gasteiger charge is 2.09. The van der Waals surface area contributed by atoms with Gasteiger partial charge in [0.15, 0.2) is 0 Å². The Bertz CT molecular complexity index is 974. The zero-order valence-corrected chi connectivity index (χ0v) is 14.5. The molecule has 1 heterocycles. The van der Waals surface area contributed by atoms with Crippen molar-refractivity contribution in [2.75, 3.05) is 16.0 Å². The van der Waals surface area contributed by atoms with Crippen molar-refractivity contribution in [3.63, 3.8) is 0 Å². The molecule has 27 heavy (non-hydrogen) atoms. The predicted octanol–water partition coefficient (Wildman–Crippen LogP) is 4.18. The van der Waals surface area contributed by atoms with E-state index in [1.54, 1.807) is 48.5 Å². The Hall–Kier alpha value is -3.74. The predicted molar refractivity (Wildman–Crippen MR) is 103 cm³/mol. The fraction of sp³-hybridized carbons (Fsp3) is 0.0500. The first-order valence-corrected chi connectivity index (χ1v) is 8.18. The van der Waals surface area contributed by atoms with Gasteiger partial charge in [0.05, 0.1) is 17.6 Å². The van der Waals surface area contributed by atoms with Gasteiger partial charge >= 0.3 is 0 Å². The Morgan fingerprint density at radius 1 is 0.889 bits per heavy atom. The van der Waals surface area contributed by atoms with Crippen LogP contribution in [-0.2, 0) is 4.79 Å². The molecule has 0 bridgehead atoms. The van der Waals surface area contributed by atoms with Gasteiger partial charge in [-0.15, -0.1) is 0 Å². The number of nitrogens with one attached hydrogen (secondary N) is 3. The first-order valence-electron chi connectivity index (χ1n) is 8.18. The third-order valence-corrected chi connectivity index (χ3v) is 3.59. The molecule has 3 aromatic rings. The molecule has 0 aliphatic heterocycles. The van der Waals surface area contributed by atoms with Crippen LogP contribution in [0.2, 0.25) is 0 Å². The number of amides is 2. The van der Waals surface area contributed by atoms with E-state index in [9.17, 15) is 14.0 Å². The summed E-state index contributed by atoms with van der Waals surface area (Å²) in [5, 5.41) is 8.27. The molecule has 0 radical (unpaired) electrons. The number of carbonyl (C=O) groups is 2. The van der Waals surface area contributed by atoms with Crippen molar-refractivity contribution in [2.45, 2.75) is 6.92 Å². The summed E-state index contributed by atoms with van der Waals surface area (Å²) in [4.78, 5) is 27.5. The summed E-state index contributed by atoms with van der Waals surface area (Å²) in [6, 6.07) is 16.3. The van der Waals surface area contributed by atoms with E-state index in [0.717, 1.165) is 0 Å². The third-order valence-electron chi connectivity index (χ3n) is 3.59. The standard InChI is InChI=1S/C20H17FN4O2/c1-13(26)23-14-5-4-6-15(11-14)25-20(27)19-10-9-16(12-22-19)24-18-8-3-2-7-17(18)21/h2-12,24H,1H3,(H,23,26)(H,25,27). The molecule has 0 saturated carbocycles. The monoisotopic (exact) mass is 364 g/mol. The molecular formula is C20H17FN4O2. The lowest BCUT2D eigenvalue weighted by Crippen LogP contribution is -2.14. The Kier molecular flexibility index (Phi) is 5.41. The minimum Gasteiger partial charge on any atom is -0.352 e. The normalized spacial score (nSPS) is 10.1. The van der Waals surface area contributed by atoms with E-state index < -0.39 is 5.91 Å². The molecule has 1 aromatic heterocycles. The van der Waals surface area contributed by atoms with Gasteiger partial charge in [0.2, 0.25) is 5.91 Å². The molecule has 0 spiro atoms. The summed E-state index contributed by atoms with van der Waals surface area (Å²) in [6.45, 7) is 1.41. The van der Waals surface area contributed by atoms with Crippen molar-refractivity contribution >= 4 is 34.6 Å². The van der Waals surface area contributed by atoms with Gasteiger partial charge in [-0.25, -0.2) is 9.37 Å². The van der Waals surface area contributed by atoms with Crippen molar-refractivity contribution in [3.8, 4) is 0 Å². The van der Waals surface area contributed by atoms with Crippen molar-refractivity contribution in [3.05, 3.63) is 78.4 Å². The van der Waals surface area contributed by atoms with Crippen molar-refractivity contribution in [1.82, 2.24) is 4.98 Å². The summed E-state index contributed by atoms with van der Waals surface area (Å²) in [7, 11) is 0. The van der Waals surface area contributed by atoms with Crippen LogP contribution in [0.25, 0.3) is 0 Å². The molecule has 2 aromatic carbocycles. The largest absolute Gasteiger partial charge is 0.352 e. The Morgan fingerprint density at radius 3 is 2.30 bits per heavy atom. The average molecular weight is 364 g/mol. The van der Waals surface area contributed by atoms with Crippen LogP contribution in [0.1, 0.15) is 17.4 Å². The summed E-state index contributed by atoms with van der Waals surface area (Å²) < 4.78 is 13.7. The van der Waals surface area contributed by atoms with Crippen LogP contribution in [0.5, 0.6) is 0 Å². The molecule has 136 valence electrons. The number of hydrogen-bond donors (Lipinski definition) is 3. The minimum absolute atomic E-state index is 0.196. The van der Waals surface area contributed by atoms with E-state index in [4.69, 9.17) is 0 Å². The number of benzene rings is 2. The molecule has 6 nitrogen and oxygen atoms in total. The number of pyridine rings is 1. The number of nitrogens with zero attached hydrogens (tertiary/aromatic N) is 1. The number of anilines is 4. The van der Waals surface area contributed by atoms with Gasteiger partial charge in [0.25, 0.3) is 5.91 Å². The molecule has 0 atom stereocenters. The van der Waals surface area contributed by atoms with Crippen molar-refractivity contribution < 1.29 is 14.0 Å². The second-order valence-electron chi connectivity index (χ2n) is 5.75. The summed E-state index contributed by atoms with van der Waals surface area (Å²) >= 11 is 0. The Morgan fingerprint density at radius 2 is 1.63 bits per heavy atom. The molecule has 0 aliphatic rings. The second kappa shape index (κ2) is 8.09. The average Bonchev–Trinajstić information content (AvgIpc) is 2.64. The highest BCUT2D eigenvalue weighted by atomic mass is 19.1. The van der Waals surface area contributed by atoms with E-state index in [2.05, 4.69) is 20.9 Å². The van der Waals surface area contributed by atoms with Crippen molar-refractivity contribution in [1.29, 1.82) is 0 Å². The number of para-hydroxylation sites is 1. The Balaban J connectivity index is 1.67. The van der Waals surface area contributed by atoms with Crippen LogP contribution in [0.3, 0.4) is 0 Å². The van der Waals surface area contributed by atoms with E-state index in [-0.39, 0.29) is 17.4 Å². The second-order valence-corrected chi connectivity index (χ2v) is 5.75. The van der Waals surface area contributed by atoms with Crippen LogP contribution in [-0.4, -0.2) is 16.8 Å². The van der Waals surface area contributed by atoms with Gasteiger partial charge in [-0.1, -0.05) is 18.2 Å². The molecular weight excluding hydrogens is 347 g/mol. The highest BCUT2D eigenvalue weighted by Crippen LogP contribution is 2.20. The zero-order chi connectivity index (χ0) is 19.2. The Labute approximate surface area is 155 Å². The fourth-order valence-electron chi connectivity index (χ4n) is 2.39. The van der Waals surface area contributed by atoms with Crippen molar-refractivity contribution in [2.24, 2.45) is 0 Å². The summed E-state index contributed by atoms with van der Waals surface area (Å²) in [5.41, 5.74) is 2.20.